The molecule has 1 fully saturated rings. The summed E-state index contributed by atoms with van der Waals surface area (Å²) in [4.78, 5) is 0. The van der Waals surface area contributed by atoms with Crippen LogP contribution in [0.1, 0.15) is 41.0 Å². The molecule has 0 heteroatoms. The van der Waals surface area contributed by atoms with Crippen molar-refractivity contribution in [2.75, 3.05) is 0 Å². The van der Waals surface area contributed by atoms with Gasteiger partial charge in [0.2, 0.25) is 0 Å². The molecular weight excluding hydrogens is 168 g/mol. The molecule has 0 saturated heterocycles. The highest BCUT2D eigenvalue weighted by Crippen LogP contribution is 2.53. The molecule has 14 heavy (non-hydrogen) atoms. The zero-order valence-corrected chi connectivity index (χ0v) is 10.1. The minimum Gasteiger partial charge on any atom is -0.0955 e. The maximum Gasteiger partial charge on any atom is -0.0109 e. The van der Waals surface area contributed by atoms with Crippen LogP contribution in [0.4, 0.5) is 0 Å². The van der Waals surface area contributed by atoms with E-state index >= 15 is 0 Å². The van der Waals surface area contributed by atoms with E-state index in [4.69, 9.17) is 0 Å². The Morgan fingerprint density at radius 3 is 2.14 bits per heavy atom. The van der Waals surface area contributed by atoms with Crippen LogP contribution in [0.3, 0.4) is 0 Å². The van der Waals surface area contributed by atoms with Gasteiger partial charge in [0.05, 0.1) is 0 Å². The van der Waals surface area contributed by atoms with Gasteiger partial charge in [-0.05, 0) is 44.1 Å². The lowest BCUT2D eigenvalue weighted by Crippen LogP contribution is -1.94. The molecule has 0 amide bonds. The van der Waals surface area contributed by atoms with E-state index in [0.717, 1.165) is 5.92 Å². The van der Waals surface area contributed by atoms with Gasteiger partial charge >= 0.3 is 0 Å². The van der Waals surface area contributed by atoms with Crippen LogP contribution in [0.15, 0.2) is 35.5 Å². The Bertz CT molecular complexity index is 300. The first kappa shape index (κ1) is 11.3. The van der Waals surface area contributed by atoms with Gasteiger partial charge in [-0.1, -0.05) is 43.7 Å². The summed E-state index contributed by atoms with van der Waals surface area (Å²) in [6.45, 7) is 15.0. The van der Waals surface area contributed by atoms with Crippen molar-refractivity contribution in [1.29, 1.82) is 0 Å². The predicted octanol–water partition coefficient (Wildman–Crippen LogP) is 4.50. The van der Waals surface area contributed by atoms with Crippen LogP contribution in [0.25, 0.3) is 0 Å². The highest BCUT2D eigenvalue weighted by molar-refractivity contribution is 5.40. The van der Waals surface area contributed by atoms with Crippen molar-refractivity contribution in [3.63, 3.8) is 0 Å². The van der Waals surface area contributed by atoms with Crippen molar-refractivity contribution in [3.05, 3.63) is 35.5 Å². The summed E-state index contributed by atoms with van der Waals surface area (Å²) in [5, 5.41) is 0. The Labute approximate surface area is 88.4 Å². The van der Waals surface area contributed by atoms with Crippen molar-refractivity contribution in [1.82, 2.24) is 0 Å². The Hall–Kier alpha value is -0.780. The molecule has 0 unspecified atom stereocenters. The molecule has 0 radical (unpaired) electrons. The monoisotopic (exact) mass is 190 g/mol. The molecule has 0 heterocycles. The van der Waals surface area contributed by atoms with E-state index in [1.54, 1.807) is 0 Å². The standard InChI is InChI=1S/C14H22/c1-10(2)7-13(11(3)4)9-14(6)8-12(14)5/h7,9,12H,3,8H2,1-2,4-6H3/b13-9+/t12-,14+/m0/s1. The largest absolute Gasteiger partial charge is 0.0955 e. The third kappa shape index (κ3) is 2.60. The molecule has 1 aliphatic rings. The molecule has 0 nitrogen and oxygen atoms in total. The van der Waals surface area contributed by atoms with E-state index in [1.807, 2.05) is 0 Å². The van der Waals surface area contributed by atoms with E-state index in [-0.39, 0.29) is 0 Å². The maximum atomic E-state index is 4.03. The molecule has 1 rings (SSSR count). The van der Waals surface area contributed by atoms with Gasteiger partial charge in [0.25, 0.3) is 0 Å². The van der Waals surface area contributed by atoms with Crippen LogP contribution in [-0.2, 0) is 0 Å². The first-order valence-corrected chi connectivity index (χ1v) is 5.39. The molecule has 0 aromatic heterocycles. The first-order valence-electron chi connectivity index (χ1n) is 5.39. The number of allylic oxidation sites excluding steroid dienone is 5. The second-order valence-corrected chi connectivity index (χ2v) is 5.21. The van der Waals surface area contributed by atoms with Crippen LogP contribution in [0.5, 0.6) is 0 Å². The second-order valence-electron chi connectivity index (χ2n) is 5.21. The summed E-state index contributed by atoms with van der Waals surface area (Å²) in [5.74, 6) is 0.836. The Morgan fingerprint density at radius 2 is 1.86 bits per heavy atom. The zero-order chi connectivity index (χ0) is 10.9. The quantitative estimate of drug-likeness (QED) is 0.575. The Morgan fingerprint density at radius 1 is 1.36 bits per heavy atom. The van der Waals surface area contributed by atoms with Gasteiger partial charge in [-0.3, -0.25) is 0 Å². The highest BCUT2D eigenvalue weighted by atomic mass is 14.5. The van der Waals surface area contributed by atoms with Crippen molar-refractivity contribution in [2.45, 2.75) is 41.0 Å². The lowest BCUT2D eigenvalue weighted by molar-refractivity contribution is 0.661. The first-order chi connectivity index (χ1) is 6.35. The van der Waals surface area contributed by atoms with E-state index in [1.165, 1.54) is 23.1 Å². The van der Waals surface area contributed by atoms with E-state index < -0.39 is 0 Å². The number of hydrogen-bond donors (Lipinski definition) is 0. The van der Waals surface area contributed by atoms with Crippen molar-refractivity contribution in [2.24, 2.45) is 11.3 Å². The number of hydrogen-bond acceptors (Lipinski definition) is 0. The summed E-state index contributed by atoms with van der Waals surface area (Å²) in [7, 11) is 0. The molecule has 0 bridgehead atoms. The smallest absolute Gasteiger partial charge is 0.0109 e. The minimum absolute atomic E-state index is 0.431. The van der Waals surface area contributed by atoms with Crippen molar-refractivity contribution < 1.29 is 0 Å². The van der Waals surface area contributed by atoms with Gasteiger partial charge in [0.15, 0.2) is 0 Å². The normalized spacial score (nSPS) is 31.2. The van der Waals surface area contributed by atoms with Gasteiger partial charge in [-0.25, -0.2) is 0 Å². The van der Waals surface area contributed by atoms with E-state index in [0.29, 0.717) is 5.41 Å². The fraction of sp³-hybridized carbons (Fsp3) is 0.571. The minimum atomic E-state index is 0.431. The molecule has 0 aromatic carbocycles. The molecule has 0 N–H and O–H groups in total. The van der Waals surface area contributed by atoms with Crippen molar-refractivity contribution in [3.8, 4) is 0 Å². The maximum absolute atomic E-state index is 4.03. The average Bonchev–Trinajstić information content (AvgIpc) is 2.56. The SMILES string of the molecule is C=C(C)/C(C=C(C)C)=C/[C@@]1(C)C[C@@H]1C. The molecule has 0 aromatic rings. The summed E-state index contributed by atoms with van der Waals surface area (Å²) in [6, 6.07) is 0. The lowest BCUT2D eigenvalue weighted by atomic mass is 9.98. The fourth-order valence-electron chi connectivity index (χ4n) is 1.76. The third-order valence-corrected chi connectivity index (χ3v) is 3.13. The van der Waals surface area contributed by atoms with Crippen LogP contribution in [-0.4, -0.2) is 0 Å². The van der Waals surface area contributed by atoms with Crippen LogP contribution < -0.4 is 0 Å². The van der Waals surface area contributed by atoms with Crippen molar-refractivity contribution >= 4 is 0 Å². The van der Waals surface area contributed by atoms with Crippen LogP contribution in [0.2, 0.25) is 0 Å². The summed E-state index contributed by atoms with van der Waals surface area (Å²) in [5.41, 5.74) is 4.26. The van der Waals surface area contributed by atoms with Crippen LogP contribution >= 0.6 is 0 Å². The zero-order valence-electron chi connectivity index (χ0n) is 10.1. The van der Waals surface area contributed by atoms with E-state index in [9.17, 15) is 0 Å². The molecule has 0 aliphatic heterocycles. The molecule has 1 saturated carbocycles. The predicted molar refractivity (Wildman–Crippen MR) is 64.2 cm³/mol. The highest BCUT2D eigenvalue weighted by Gasteiger charge is 2.44. The molecular formula is C14H22. The van der Waals surface area contributed by atoms with Gasteiger partial charge < -0.3 is 0 Å². The second kappa shape index (κ2) is 3.76. The van der Waals surface area contributed by atoms with Gasteiger partial charge in [-0.15, -0.1) is 0 Å². The summed E-state index contributed by atoms with van der Waals surface area (Å²) >= 11 is 0. The number of rotatable bonds is 3. The third-order valence-electron chi connectivity index (χ3n) is 3.13. The van der Waals surface area contributed by atoms with Crippen LogP contribution in [0, 0.1) is 11.3 Å². The Kier molecular flexibility index (Phi) is 3.04. The van der Waals surface area contributed by atoms with Gasteiger partial charge in [-0.2, -0.15) is 0 Å². The fourth-order valence-corrected chi connectivity index (χ4v) is 1.76. The summed E-state index contributed by atoms with van der Waals surface area (Å²) < 4.78 is 0. The Balaban J connectivity index is 2.89. The molecule has 0 spiro atoms. The lowest BCUT2D eigenvalue weighted by Gasteiger charge is -2.08. The topological polar surface area (TPSA) is 0 Å². The summed E-state index contributed by atoms with van der Waals surface area (Å²) in [6.07, 6.45) is 5.95. The van der Waals surface area contributed by atoms with E-state index in [2.05, 4.69) is 53.3 Å². The average molecular weight is 190 g/mol. The molecule has 1 aliphatic carbocycles. The molecule has 78 valence electrons. The van der Waals surface area contributed by atoms with Gasteiger partial charge in [0.1, 0.15) is 0 Å². The molecule has 2 atom stereocenters. The van der Waals surface area contributed by atoms with Gasteiger partial charge in [0, 0.05) is 0 Å².